The molecule has 1 aliphatic carbocycles. The SMILES string of the molecule is CNCC(C)(C)C1CC1.Cl. The van der Waals surface area contributed by atoms with Gasteiger partial charge in [0.25, 0.3) is 0 Å². The Morgan fingerprint density at radius 1 is 1.40 bits per heavy atom. The molecule has 1 N–H and O–H groups in total. The van der Waals surface area contributed by atoms with Crippen molar-refractivity contribution in [3.63, 3.8) is 0 Å². The first-order valence-electron chi connectivity index (χ1n) is 3.81. The van der Waals surface area contributed by atoms with Crippen LogP contribution in [-0.4, -0.2) is 13.6 Å². The normalized spacial score (nSPS) is 18.3. The van der Waals surface area contributed by atoms with Crippen LogP contribution in [0.25, 0.3) is 0 Å². The molecule has 1 saturated carbocycles. The van der Waals surface area contributed by atoms with Crippen molar-refractivity contribution in [3.05, 3.63) is 0 Å². The van der Waals surface area contributed by atoms with E-state index in [0.717, 1.165) is 12.5 Å². The van der Waals surface area contributed by atoms with Gasteiger partial charge in [0, 0.05) is 6.54 Å². The van der Waals surface area contributed by atoms with E-state index in [1.54, 1.807) is 0 Å². The molecule has 0 spiro atoms. The molecule has 0 unspecified atom stereocenters. The monoisotopic (exact) mass is 163 g/mol. The van der Waals surface area contributed by atoms with Crippen LogP contribution in [0, 0.1) is 11.3 Å². The Bertz CT molecular complexity index is 97.4. The largest absolute Gasteiger partial charge is 0.319 e. The van der Waals surface area contributed by atoms with Crippen LogP contribution in [0.1, 0.15) is 26.7 Å². The third-order valence-electron chi connectivity index (χ3n) is 2.31. The Morgan fingerprint density at radius 3 is 2.20 bits per heavy atom. The van der Waals surface area contributed by atoms with Crippen LogP contribution in [0.3, 0.4) is 0 Å². The zero-order valence-electron chi connectivity index (χ0n) is 7.11. The van der Waals surface area contributed by atoms with Crippen LogP contribution in [0.5, 0.6) is 0 Å². The highest BCUT2D eigenvalue weighted by Crippen LogP contribution is 2.44. The first kappa shape index (κ1) is 10.2. The molecule has 62 valence electrons. The van der Waals surface area contributed by atoms with Crippen LogP contribution in [-0.2, 0) is 0 Å². The Kier molecular flexibility index (Phi) is 3.68. The molecule has 10 heavy (non-hydrogen) atoms. The molecule has 2 heteroatoms. The van der Waals surface area contributed by atoms with E-state index in [4.69, 9.17) is 0 Å². The molecule has 1 rings (SSSR count). The first-order chi connectivity index (χ1) is 4.17. The van der Waals surface area contributed by atoms with Gasteiger partial charge in [-0.3, -0.25) is 0 Å². The molecular formula is C8H18ClN. The van der Waals surface area contributed by atoms with Crippen molar-refractivity contribution in [2.75, 3.05) is 13.6 Å². The summed E-state index contributed by atoms with van der Waals surface area (Å²) in [6, 6.07) is 0. The van der Waals surface area contributed by atoms with Gasteiger partial charge in [-0.25, -0.2) is 0 Å². The highest BCUT2D eigenvalue weighted by atomic mass is 35.5. The van der Waals surface area contributed by atoms with Crippen molar-refractivity contribution in [3.8, 4) is 0 Å². The number of hydrogen-bond donors (Lipinski definition) is 1. The van der Waals surface area contributed by atoms with Crippen LogP contribution >= 0.6 is 12.4 Å². The van der Waals surface area contributed by atoms with Gasteiger partial charge in [0.15, 0.2) is 0 Å². The number of halogens is 1. The third-order valence-corrected chi connectivity index (χ3v) is 2.31. The summed E-state index contributed by atoms with van der Waals surface area (Å²) in [6.45, 7) is 5.86. The van der Waals surface area contributed by atoms with Gasteiger partial charge in [0.1, 0.15) is 0 Å². The van der Waals surface area contributed by atoms with Crippen molar-refractivity contribution in [2.24, 2.45) is 11.3 Å². The summed E-state index contributed by atoms with van der Waals surface area (Å²) in [6.07, 6.45) is 2.91. The van der Waals surface area contributed by atoms with Crippen molar-refractivity contribution in [2.45, 2.75) is 26.7 Å². The summed E-state index contributed by atoms with van der Waals surface area (Å²) in [4.78, 5) is 0. The van der Waals surface area contributed by atoms with E-state index in [2.05, 4.69) is 19.2 Å². The quantitative estimate of drug-likeness (QED) is 0.672. The molecule has 0 aromatic carbocycles. The predicted octanol–water partition coefficient (Wildman–Crippen LogP) is 2.06. The minimum atomic E-state index is 0. The summed E-state index contributed by atoms with van der Waals surface area (Å²) in [7, 11) is 2.03. The van der Waals surface area contributed by atoms with E-state index in [9.17, 15) is 0 Å². The summed E-state index contributed by atoms with van der Waals surface area (Å²) in [5, 5.41) is 3.23. The number of nitrogens with one attached hydrogen (secondary N) is 1. The minimum Gasteiger partial charge on any atom is -0.319 e. The van der Waals surface area contributed by atoms with Crippen LogP contribution < -0.4 is 5.32 Å². The topological polar surface area (TPSA) is 12.0 Å². The van der Waals surface area contributed by atoms with Crippen molar-refractivity contribution in [1.82, 2.24) is 5.32 Å². The number of rotatable bonds is 3. The van der Waals surface area contributed by atoms with Crippen LogP contribution in [0.2, 0.25) is 0 Å². The van der Waals surface area contributed by atoms with E-state index in [1.165, 1.54) is 12.8 Å². The smallest absolute Gasteiger partial charge is 0.000216 e. The lowest BCUT2D eigenvalue weighted by Gasteiger charge is -2.23. The Hall–Kier alpha value is 0.250. The first-order valence-corrected chi connectivity index (χ1v) is 3.81. The lowest BCUT2D eigenvalue weighted by atomic mass is 9.87. The van der Waals surface area contributed by atoms with Gasteiger partial charge >= 0.3 is 0 Å². The second-order valence-corrected chi connectivity index (χ2v) is 3.79. The van der Waals surface area contributed by atoms with Crippen molar-refractivity contribution >= 4 is 12.4 Å². The van der Waals surface area contributed by atoms with Gasteiger partial charge in [-0.1, -0.05) is 13.8 Å². The van der Waals surface area contributed by atoms with Crippen molar-refractivity contribution in [1.29, 1.82) is 0 Å². The minimum absolute atomic E-state index is 0. The van der Waals surface area contributed by atoms with Crippen LogP contribution in [0.15, 0.2) is 0 Å². The molecule has 0 saturated heterocycles. The molecule has 0 aliphatic heterocycles. The molecule has 0 bridgehead atoms. The van der Waals surface area contributed by atoms with Gasteiger partial charge in [0.2, 0.25) is 0 Å². The van der Waals surface area contributed by atoms with Crippen LogP contribution in [0.4, 0.5) is 0 Å². The van der Waals surface area contributed by atoms with Gasteiger partial charge in [-0.05, 0) is 31.2 Å². The summed E-state index contributed by atoms with van der Waals surface area (Å²) < 4.78 is 0. The third kappa shape index (κ3) is 2.47. The fourth-order valence-corrected chi connectivity index (χ4v) is 1.46. The maximum absolute atomic E-state index is 3.23. The molecule has 0 amide bonds. The Balaban J connectivity index is 0.000000810. The average Bonchev–Trinajstić information content (AvgIpc) is 2.41. The van der Waals surface area contributed by atoms with E-state index >= 15 is 0 Å². The lowest BCUT2D eigenvalue weighted by molar-refractivity contribution is 0.300. The van der Waals surface area contributed by atoms with E-state index in [0.29, 0.717) is 5.41 Å². The fraction of sp³-hybridized carbons (Fsp3) is 1.00. The highest BCUT2D eigenvalue weighted by Gasteiger charge is 2.36. The molecule has 0 aromatic rings. The van der Waals surface area contributed by atoms with Gasteiger partial charge < -0.3 is 5.32 Å². The molecule has 0 heterocycles. The predicted molar refractivity (Wildman–Crippen MR) is 47.7 cm³/mol. The van der Waals surface area contributed by atoms with Gasteiger partial charge in [-0.2, -0.15) is 0 Å². The molecule has 0 aromatic heterocycles. The second kappa shape index (κ2) is 3.59. The highest BCUT2D eigenvalue weighted by molar-refractivity contribution is 5.85. The Labute approximate surface area is 70.0 Å². The Morgan fingerprint density at radius 2 is 1.90 bits per heavy atom. The van der Waals surface area contributed by atoms with E-state index in [1.807, 2.05) is 7.05 Å². The average molecular weight is 164 g/mol. The standard InChI is InChI=1S/C8H17N.ClH/c1-8(2,6-9-3)7-4-5-7;/h7,9H,4-6H2,1-3H3;1H. The number of hydrogen-bond acceptors (Lipinski definition) is 1. The second-order valence-electron chi connectivity index (χ2n) is 3.79. The summed E-state index contributed by atoms with van der Waals surface area (Å²) >= 11 is 0. The van der Waals surface area contributed by atoms with Gasteiger partial charge in [0.05, 0.1) is 0 Å². The zero-order chi connectivity index (χ0) is 6.91. The molecule has 0 radical (unpaired) electrons. The van der Waals surface area contributed by atoms with E-state index in [-0.39, 0.29) is 12.4 Å². The van der Waals surface area contributed by atoms with Gasteiger partial charge in [-0.15, -0.1) is 12.4 Å². The molecule has 1 fully saturated rings. The molecule has 1 nitrogen and oxygen atoms in total. The molecular weight excluding hydrogens is 146 g/mol. The zero-order valence-corrected chi connectivity index (χ0v) is 7.92. The summed E-state index contributed by atoms with van der Waals surface area (Å²) in [5.74, 6) is 1.00. The molecule has 0 atom stereocenters. The van der Waals surface area contributed by atoms with E-state index < -0.39 is 0 Å². The lowest BCUT2D eigenvalue weighted by Crippen LogP contribution is -2.28. The molecule has 1 aliphatic rings. The fourth-order valence-electron chi connectivity index (χ4n) is 1.46. The maximum atomic E-state index is 3.23. The maximum Gasteiger partial charge on any atom is 0.000216 e. The summed E-state index contributed by atoms with van der Waals surface area (Å²) in [5.41, 5.74) is 0.550. The van der Waals surface area contributed by atoms with Crippen molar-refractivity contribution < 1.29 is 0 Å².